The minimum atomic E-state index is 0.105. The van der Waals surface area contributed by atoms with Crippen molar-refractivity contribution in [1.29, 1.82) is 0 Å². The fourth-order valence-electron chi connectivity index (χ4n) is 3.81. The van der Waals surface area contributed by atoms with Crippen LogP contribution in [-0.4, -0.2) is 48.1 Å². The molecule has 0 radical (unpaired) electrons. The quantitative estimate of drug-likeness (QED) is 0.627. The Hall–Kier alpha value is -2.18. The molecule has 0 saturated carbocycles. The van der Waals surface area contributed by atoms with Crippen LogP contribution in [0.2, 0.25) is 0 Å². The Balaban J connectivity index is 1.45. The number of carbonyl (C=O) groups excluding carboxylic acids is 1. The highest BCUT2D eigenvalue weighted by atomic mass is 16.5. The van der Waals surface area contributed by atoms with E-state index in [1.807, 2.05) is 39.0 Å². The van der Waals surface area contributed by atoms with E-state index in [2.05, 4.69) is 23.2 Å². The first-order valence-electron chi connectivity index (χ1n) is 11.1. The summed E-state index contributed by atoms with van der Waals surface area (Å²) in [5.41, 5.74) is 3.19. The van der Waals surface area contributed by atoms with Crippen molar-refractivity contribution >= 4 is 5.91 Å². The van der Waals surface area contributed by atoms with Crippen LogP contribution >= 0.6 is 0 Å². The second kappa shape index (κ2) is 10.7. The summed E-state index contributed by atoms with van der Waals surface area (Å²) in [4.78, 5) is 19.5. The van der Waals surface area contributed by atoms with Gasteiger partial charge in [-0.25, -0.2) is 4.98 Å². The van der Waals surface area contributed by atoms with Gasteiger partial charge >= 0.3 is 0 Å². The first kappa shape index (κ1) is 22.5. The number of benzene rings is 1. The second-order valence-corrected chi connectivity index (χ2v) is 8.45. The molecule has 2 aromatic rings. The van der Waals surface area contributed by atoms with Crippen molar-refractivity contribution in [1.82, 2.24) is 15.2 Å². The Kier molecular flexibility index (Phi) is 8.05. The van der Waals surface area contributed by atoms with Gasteiger partial charge in [0.05, 0.1) is 11.8 Å². The van der Waals surface area contributed by atoms with Gasteiger partial charge in [-0.2, -0.15) is 0 Å². The number of piperidine rings is 1. The molecule has 6 nitrogen and oxygen atoms in total. The molecule has 1 amide bonds. The number of hydrogen-bond acceptors (Lipinski definition) is 5. The molecule has 2 heterocycles. The highest BCUT2D eigenvalue weighted by molar-refractivity contribution is 5.78. The van der Waals surface area contributed by atoms with Crippen LogP contribution in [0.25, 0.3) is 11.5 Å². The fourth-order valence-corrected chi connectivity index (χ4v) is 3.81. The Morgan fingerprint density at radius 2 is 2.00 bits per heavy atom. The lowest BCUT2D eigenvalue weighted by molar-refractivity contribution is -0.126. The topological polar surface area (TPSA) is 67.6 Å². The van der Waals surface area contributed by atoms with E-state index in [1.165, 1.54) is 0 Å². The molecule has 0 atom stereocenters. The molecule has 1 saturated heterocycles. The van der Waals surface area contributed by atoms with E-state index in [0.717, 1.165) is 61.5 Å². The molecule has 6 heteroatoms. The number of oxazole rings is 1. The summed E-state index contributed by atoms with van der Waals surface area (Å²) < 4.78 is 11.5. The van der Waals surface area contributed by atoms with Crippen LogP contribution in [0.1, 0.15) is 50.1 Å². The van der Waals surface area contributed by atoms with Crippen molar-refractivity contribution in [2.75, 3.05) is 26.2 Å². The van der Waals surface area contributed by atoms with Crippen molar-refractivity contribution in [2.24, 2.45) is 5.92 Å². The van der Waals surface area contributed by atoms with Gasteiger partial charge in [0.2, 0.25) is 11.8 Å². The lowest BCUT2D eigenvalue weighted by Crippen LogP contribution is -2.40. The predicted molar refractivity (Wildman–Crippen MR) is 118 cm³/mol. The molecular formula is C24H35N3O3. The Morgan fingerprint density at radius 3 is 2.70 bits per heavy atom. The largest absolute Gasteiger partial charge is 0.441 e. The van der Waals surface area contributed by atoms with Crippen LogP contribution in [0.15, 0.2) is 28.7 Å². The molecular weight excluding hydrogens is 378 g/mol. The predicted octanol–water partition coefficient (Wildman–Crippen LogP) is 4.10. The fraction of sp³-hybridized carbons (Fsp3) is 0.583. The van der Waals surface area contributed by atoms with Gasteiger partial charge in [0.1, 0.15) is 5.76 Å². The van der Waals surface area contributed by atoms with E-state index >= 15 is 0 Å². The SMILES string of the molecule is Cc1ccccc1-c1nc(CN2CCC(C(=O)NCCCOC(C)C)CC2)c(C)o1. The molecule has 1 N–H and O–H groups in total. The van der Waals surface area contributed by atoms with Crippen molar-refractivity contribution in [3.63, 3.8) is 0 Å². The van der Waals surface area contributed by atoms with Crippen LogP contribution in [0.4, 0.5) is 0 Å². The Morgan fingerprint density at radius 1 is 1.27 bits per heavy atom. The van der Waals surface area contributed by atoms with Gasteiger partial charge in [-0.1, -0.05) is 18.2 Å². The standard InChI is InChI=1S/C24H35N3O3/c1-17(2)29-15-7-12-25-23(28)20-10-13-27(14-11-20)16-22-19(4)30-24(26-22)21-9-6-5-8-18(21)3/h5-6,8-9,17,20H,7,10-16H2,1-4H3,(H,25,28). The molecule has 164 valence electrons. The second-order valence-electron chi connectivity index (χ2n) is 8.45. The van der Waals surface area contributed by atoms with E-state index in [0.29, 0.717) is 19.0 Å². The number of nitrogens with one attached hydrogen (secondary N) is 1. The maximum absolute atomic E-state index is 12.4. The van der Waals surface area contributed by atoms with Crippen LogP contribution in [0.5, 0.6) is 0 Å². The average Bonchev–Trinajstić information content (AvgIpc) is 3.08. The summed E-state index contributed by atoms with van der Waals surface area (Å²) in [5, 5.41) is 3.06. The maximum Gasteiger partial charge on any atom is 0.226 e. The number of hydrogen-bond donors (Lipinski definition) is 1. The molecule has 1 aliphatic rings. The van der Waals surface area contributed by atoms with Gasteiger partial charge < -0.3 is 14.5 Å². The smallest absolute Gasteiger partial charge is 0.226 e. The molecule has 0 unspecified atom stereocenters. The van der Waals surface area contributed by atoms with Crippen molar-refractivity contribution < 1.29 is 13.9 Å². The van der Waals surface area contributed by atoms with E-state index in [1.54, 1.807) is 0 Å². The molecule has 1 fully saturated rings. The normalized spacial score (nSPS) is 15.6. The summed E-state index contributed by atoms with van der Waals surface area (Å²) in [5.74, 6) is 1.85. The Labute approximate surface area is 180 Å². The number of amides is 1. The first-order chi connectivity index (χ1) is 14.4. The number of aromatic nitrogens is 1. The summed E-state index contributed by atoms with van der Waals surface area (Å²) in [6.07, 6.45) is 2.87. The van der Waals surface area contributed by atoms with Crippen molar-refractivity contribution in [2.45, 2.75) is 59.6 Å². The third-order valence-corrected chi connectivity index (χ3v) is 5.67. The van der Waals surface area contributed by atoms with Gasteiger partial charge in [-0.15, -0.1) is 0 Å². The van der Waals surface area contributed by atoms with Gasteiger partial charge in [-0.05, 0) is 71.7 Å². The number of rotatable bonds is 9. The van der Waals surface area contributed by atoms with Crippen LogP contribution < -0.4 is 5.32 Å². The van der Waals surface area contributed by atoms with Gasteiger partial charge in [-0.3, -0.25) is 9.69 Å². The number of carbonyl (C=O) groups is 1. The minimum Gasteiger partial charge on any atom is -0.441 e. The lowest BCUT2D eigenvalue weighted by atomic mass is 9.95. The van der Waals surface area contributed by atoms with Gasteiger partial charge in [0.25, 0.3) is 0 Å². The van der Waals surface area contributed by atoms with E-state index in [-0.39, 0.29) is 17.9 Å². The van der Waals surface area contributed by atoms with Crippen LogP contribution in [0, 0.1) is 19.8 Å². The lowest BCUT2D eigenvalue weighted by Gasteiger charge is -2.30. The van der Waals surface area contributed by atoms with E-state index in [9.17, 15) is 4.79 Å². The molecule has 30 heavy (non-hydrogen) atoms. The maximum atomic E-state index is 12.4. The molecule has 1 aromatic heterocycles. The third-order valence-electron chi connectivity index (χ3n) is 5.67. The minimum absolute atomic E-state index is 0.105. The van der Waals surface area contributed by atoms with Crippen molar-refractivity contribution in [3.05, 3.63) is 41.3 Å². The third kappa shape index (κ3) is 6.16. The zero-order valence-corrected chi connectivity index (χ0v) is 18.7. The molecule has 1 aromatic carbocycles. The highest BCUT2D eigenvalue weighted by Gasteiger charge is 2.26. The van der Waals surface area contributed by atoms with Gasteiger partial charge in [0.15, 0.2) is 0 Å². The monoisotopic (exact) mass is 413 g/mol. The summed E-state index contributed by atoms with van der Waals surface area (Å²) in [6, 6.07) is 8.15. The molecule has 3 rings (SSSR count). The van der Waals surface area contributed by atoms with Gasteiger partial charge in [0, 0.05) is 31.2 Å². The zero-order chi connectivity index (χ0) is 21.5. The number of aryl methyl sites for hydroxylation is 2. The number of likely N-dealkylation sites (tertiary alicyclic amines) is 1. The van der Waals surface area contributed by atoms with Crippen LogP contribution in [-0.2, 0) is 16.1 Å². The average molecular weight is 414 g/mol. The summed E-state index contributed by atoms with van der Waals surface area (Å²) >= 11 is 0. The van der Waals surface area contributed by atoms with E-state index in [4.69, 9.17) is 14.1 Å². The first-order valence-corrected chi connectivity index (χ1v) is 11.1. The highest BCUT2D eigenvalue weighted by Crippen LogP contribution is 2.26. The zero-order valence-electron chi connectivity index (χ0n) is 18.7. The van der Waals surface area contributed by atoms with E-state index < -0.39 is 0 Å². The Bertz CT molecular complexity index is 823. The van der Waals surface area contributed by atoms with Crippen molar-refractivity contribution in [3.8, 4) is 11.5 Å². The summed E-state index contributed by atoms with van der Waals surface area (Å²) in [6.45, 7) is 12.1. The number of nitrogens with zero attached hydrogens (tertiary/aromatic N) is 2. The number of ether oxygens (including phenoxy) is 1. The molecule has 0 bridgehead atoms. The molecule has 1 aliphatic heterocycles. The molecule has 0 aliphatic carbocycles. The molecule has 0 spiro atoms. The van der Waals surface area contributed by atoms with Crippen LogP contribution in [0.3, 0.4) is 0 Å². The summed E-state index contributed by atoms with van der Waals surface area (Å²) in [7, 11) is 0.